The van der Waals surface area contributed by atoms with Crippen LogP contribution in [0.2, 0.25) is 0 Å². The summed E-state index contributed by atoms with van der Waals surface area (Å²) in [4.78, 5) is 18.4. The Morgan fingerprint density at radius 2 is 2.08 bits per heavy atom. The molecule has 1 atom stereocenters. The van der Waals surface area contributed by atoms with Gasteiger partial charge in [0.15, 0.2) is 0 Å². The summed E-state index contributed by atoms with van der Waals surface area (Å²) in [6, 6.07) is 5.97. The Kier molecular flexibility index (Phi) is 4.74. The zero-order chi connectivity index (χ0) is 17.1. The first kappa shape index (κ1) is 16.4. The van der Waals surface area contributed by atoms with Crippen LogP contribution < -0.4 is 0 Å². The minimum absolute atomic E-state index is 0.0259. The number of aromatic nitrogens is 2. The lowest BCUT2D eigenvalue weighted by atomic mass is 9.97. The van der Waals surface area contributed by atoms with E-state index in [9.17, 15) is 9.18 Å². The van der Waals surface area contributed by atoms with E-state index in [1.807, 2.05) is 18.7 Å². The number of hydrogen-bond donors (Lipinski definition) is 0. The van der Waals surface area contributed by atoms with Crippen molar-refractivity contribution in [3.63, 3.8) is 0 Å². The van der Waals surface area contributed by atoms with Crippen molar-refractivity contribution in [1.29, 1.82) is 0 Å². The van der Waals surface area contributed by atoms with Crippen molar-refractivity contribution in [2.45, 2.75) is 32.6 Å². The average Bonchev–Trinajstić information content (AvgIpc) is 3.05. The van der Waals surface area contributed by atoms with Crippen molar-refractivity contribution in [1.82, 2.24) is 15.0 Å². The Morgan fingerprint density at radius 3 is 2.79 bits per heavy atom. The van der Waals surface area contributed by atoms with E-state index in [0.29, 0.717) is 23.8 Å². The van der Waals surface area contributed by atoms with Gasteiger partial charge in [0.2, 0.25) is 17.6 Å². The third kappa shape index (κ3) is 3.69. The summed E-state index contributed by atoms with van der Waals surface area (Å²) in [5.41, 5.74) is 1.69. The minimum atomic E-state index is -0.303. The Hall–Kier alpha value is -2.50. The highest BCUT2D eigenvalue weighted by Gasteiger charge is 2.28. The van der Waals surface area contributed by atoms with Crippen LogP contribution in [0, 0.1) is 5.82 Å². The van der Waals surface area contributed by atoms with E-state index in [1.165, 1.54) is 12.1 Å². The van der Waals surface area contributed by atoms with Gasteiger partial charge in [-0.2, -0.15) is 4.98 Å². The Bertz CT molecular complexity index is 748. The van der Waals surface area contributed by atoms with Gasteiger partial charge in [0, 0.05) is 24.7 Å². The van der Waals surface area contributed by atoms with Crippen LogP contribution in [0.4, 0.5) is 4.39 Å². The van der Waals surface area contributed by atoms with Crippen LogP contribution in [0.1, 0.15) is 38.5 Å². The monoisotopic (exact) mass is 329 g/mol. The molecular formula is C18H20FN3O2. The van der Waals surface area contributed by atoms with Crippen LogP contribution in [-0.4, -0.2) is 34.0 Å². The molecule has 2 heterocycles. The number of benzene rings is 1. The smallest absolute Gasteiger partial charge is 0.246 e. The first-order chi connectivity index (χ1) is 11.5. The van der Waals surface area contributed by atoms with Gasteiger partial charge in [-0.15, -0.1) is 0 Å². The van der Waals surface area contributed by atoms with Gasteiger partial charge in [0.1, 0.15) is 5.82 Å². The van der Waals surface area contributed by atoms with Gasteiger partial charge in [-0.3, -0.25) is 4.79 Å². The maximum atomic E-state index is 13.0. The molecule has 0 aliphatic carbocycles. The van der Waals surface area contributed by atoms with Crippen LogP contribution >= 0.6 is 0 Å². The molecule has 3 rings (SSSR count). The fourth-order valence-electron chi connectivity index (χ4n) is 2.83. The highest BCUT2D eigenvalue weighted by atomic mass is 19.1. The highest BCUT2D eigenvalue weighted by molar-refractivity contribution is 5.88. The van der Waals surface area contributed by atoms with Gasteiger partial charge >= 0.3 is 0 Å². The van der Waals surface area contributed by atoms with Crippen LogP contribution in [-0.2, 0) is 4.79 Å². The summed E-state index contributed by atoms with van der Waals surface area (Å²) in [5, 5.41) is 3.99. The van der Waals surface area contributed by atoms with Gasteiger partial charge in [-0.1, -0.05) is 10.7 Å². The van der Waals surface area contributed by atoms with Crippen molar-refractivity contribution in [2.75, 3.05) is 13.1 Å². The van der Waals surface area contributed by atoms with E-state index in [1.54, 1.807) is 18.2 Å². The number of carbonyl (C=O) groups is 1. The van der Waals surface area contributed by atoms with E-state index in [-0.39, 0.29) is 17.6 Å². The van der Waals surface area contributed by atoms with Gasteiger partial charge in [0.05, 0.1) is 5.92 Å². The van der Waals surface area contributed by atoms with Gasteiger partial charge < -0.3 is 9.42 Å². The lowest BCUT2D eigenvalue weighted by Crippen LogP contribution is -2.38. The number of carbonyl (C=O) groups excluding carboxylic acids is 1. The standard InChI is InChI=1S/C18H20FN3O2/c1-12(2)10-16(23)22-9-3-4-14(11-22)18-20-17(21-24-18)13-5-7-15(19)8-6-13/h5-8,10,14H,3-4,9,11H2,1-2H3/t14-/m0/s1. The van der Waals surface area contributed by atoms with E-state index < -0.39 is 0 Å². The van der Waals surface area contributed by atoms with Gasteiger partial charge in [-0.05, 0) is 51.0 Å². The summed E-state index contributed by atoms with van der Waals surface area (Å²) in [6.45, 7) is 5.14. The summed E-state index contributed by atoms with van der Waals surface area (Å²) < 4.78 is 18.4. The number of likely N-dealkylation sites (tertiary alicyclic amines) is 1. The third-order valence-electron chi connectivity index (χ3n) is 4.04. The molecule has 24 heavy (non-hydrogen) atoms. The molecule has 0 unspecified atom stereocenters. The molecule has 1 amide bonds. The third-order valence-corrected chi connectivity index (χ3v) is 4.04. The number of allylic oxidation sites excluding steroid dienone is 1. The summed E-state index contributed by atoms with van der Waals surface area (Å²) in [6.07, 6.45) is 3.46. The molecule has 6 heteroatoms. The van der Waals surface area contributed by atoms with E-state index in [0.717, 1.165) is 25.0 Å². The maximum Gasteiger partial charge on any atom is 0.246 e. The SMILES string of the molecule is CC(C)=CC(=O)N1CCC[C@H](c2nc(-c3ccc(F)cc3)no2)C1. The predicted molar refractivity (Wildman–Crippen MR) is 87.7 cm³/mol. The van der Waals surface area contributed by atoms with Crippen LogP contribution in [0.15, 0.2) is 40.4 Å². The average molecular weight is 329 g/mol. The van der Waals surface area contributed by atoms with Crippen molar-refractivity contribution in [3.8, 4) is 11.4 Å². The zero-order valence-electron chi connectivity index (χ0n) is 13.8. The molecule has 5 nitrogen and oxygen atoms in total. The Morgan fingerprint density at radius 1 is 1.33 bits per heavy atom. The van der Waals surface area contributed by atoms with Crippen molar-refractivity contribution < 1.29 is 13.7 Å². The largest absolute Gasteiger partial charge is 0.339 e. The second kappa shape index (κ2) is 6.95. The number of hydrogen-bond acceptors (Lipinski definition) is 4. The lowest BCUT2D eigenvalue weighted by molar-refractivity contribution is -0.127. The number of piperidine rings is 1. The van der Waals surface area contributed by atoms with Crippen molar-refractivity contribution in [3.05, 3.63) is 47.6 Å². The molecule has 0 saturated carbocycles. The Labute approximate surface area is 140 Å². The summed E-state index contributed by atoms with van der Waals surface area (Å²) in [5.74, 6) is 0.734. The van der Waals surface area contributed by atoms with E-state index in [2.05, 4.69) is 10.1 Å². The molecule has 1 aliphatic heterocycles. The van der Waals surface area contributed by atoms with E-state index >= 15 is 0 Å². The van der Waals surface area contributed by atoms with Crippen molar-refractivity contribution in [2.24, 2.45) is 0 Å². The summed E-state index contributed by atoms with van der Waals surface area (Å²) >= 11 is 0. The molecule has 0 N–H and O–H groups in total. The first-order valence-electron chi connectivity index (χ1n) is 8.06. The number of halogens is 1. The van der Waals surface area contributed by atoms with Crippen molar-refractivity contribution >= 4 is 5.91 Å². The Balaban J connectivity index is 1.74. The molecule has 126 valence electrons. The summed E-state index contributed by atoms with van der Waals surface area (Å²) in [7, 11) is 0. The molecule has 1 aromatic carbocycles. The van der Waals surface area contributed by atoms with Crippen LogP contribution in [0.3, 0.4) is 0 Å². The molecule has 1 fully saturated rings. The quantitative estimate of drug-likeness (QED) is 0.808. The number of rotatable bonds is 3. The fourth-order valence-corrected chi connectivity index (χ4v) is 2.83. The fraction of sp³-hybridized carbons (Fsp3) is 0.389. The molecule has 0 radical (unpaired) electrons. The molecule has 1 aliphatic rings. The second-order valence-corrected chi connectivity index (χ2v) is 6.31. The van der Waals surface area contributed by atoms with Gasteiger partial charge in [-0.25, -0.2) is 4.39 Å². The molecule has 1 saturated heterocycles. The predicted octanol–water partition coefficient (Wildman–Crippen LogP) is 3.55. The lowest BCUT2D eigenvalue weighted by Gasteiger charge is -2.30. The number of nitrogens with zero attached hydrogens (tertiary/aromatic N) is 3. The highest BCUT2D eigenvalue weighted by Crippen LogP contribution is 2.27. The zero-order valence-corrected chi connectivity index (χ0v) is 13.8. The van der Waals surface area contributed by atoms with Crippen LogP contribution in [0.5, 0.6) is 0 Å². The second-order valence-electron chi connectivity index (χ2n) is 6.31. The van der Waals surface area contributed by atoms with E-state index in [4.69, 9.17) is 4.52 Å². The normalized spacial score (nSPS) is 17.6. The molecule has 0 spiro atoms. The molecule has 2 aromatic rings. The minimum Gasteiger partial charge on any atom is -0.339 e. The topological polar surface area (TPSA) is 59.2 Å². The first-order valence-corrected chi connectivity index (χ1v) is 8.06. The number of amides is 1. The maximum absolute atomic E-state index is 13.0. The van der Waals surface area contributed by atoms with Crippen LogP contribution in [0.25, 0.3) is 11.4 Å². The molecular weight excluding hydrogens is 309 g/mol. The van der Waals surface area contributed by atoms with Gasteiger partial charge in [0.25, 0.3) is 0 Å². The molecule has 1 aromatic heterocycles. The molecule has 0 bridgehead atoms.